The third-order valence-electron chi connectivity index (χ3n) is 3.46. The number of primary amides is 1. The van der Waals surface area contributed by atoms with Gasteiger partial charge in [0.1, 0.15) is 6.04 Å². The van der Waals surface area contributed by atoms with Crippen LogP contribution in [-0.4, -0.2) is 42.4 Å². The number of nitrogens with two attached hydrogens (primary N) is 1. The van der Waals surface area contributed by atoms with Gasteiger partial charge < -0.3 is 16.0 Å². The summed E-state index contributed by atoms with van der Waals surface area (Å²) in [5.41, 5.74) is 7.96. The Morgan fingerprint density at radius 2 is 2.11 bits per heavy atom. The van der Waals surface area contributed by atoms with E-state index in [4.69, 9.17) is 5.73 Å². The van der Waals surface area contributed by atoms with Crippen molar-refractivity contribution < 1.29 is 9.59 Å². The zero-order valence-electron chi connectivity index (χ0n) is 11.3. The second-order valence-corrected chi connectivity index (χ2v) is 4.94. The number of hydrogen-bond donors (Lipinski definition) is 2. The molecule has 0 radical (unpaired) electrons. The summed E-state index contributed by atoms with van der Waals surface area (Å²) < 4.78 is 0. The van der Waals surface area contributed by atoms with E-state index in [1.165, 1.54) is 0 Å². The molecule has 19 heavy (non-hydrogen) atoms. The molecule has 1 fully saturated rings. The summed E-state index contributed by atoms with van der Waals surface area (Å²) in [6.45, 7) is 5.44. The molecule has 3 N–H and O–H groups in total. The highest BCUT2D eigenvalue weighted by Gasteiger charge is 2.31. The van der Waals surface area contributed by atoms with Crippen LogP contribution in [0.2, 0.25) is 0 Å². The lowest BCUT2D eigenvalue weighted by atomic mass is 10.0. The molecule has 1 atom stereocenters. The highest BCUT2D eigenvalue weighted by Crippen LogP contribution is 2.16. The maximum absolute atomic E-state index is 12.6. The maximum Gasteiger partial charge on any atom is 0.254 e. The molecular formula is C14H19N3O2. The molecule has 102 valence electrons. The van der Waals surface area contributed by atoms with Crippen LogP contribution >= 0.6 is 0 Å². The Morgan fingerprint density at radius 1 is 1.37 bits per heavy atom. The predicted octanol–water partition coefficient (Wildman–Crippen LogP) is 0.203. The average molecular weight is 261 g/mol. The standard InChI is InChI=1S/C14H19N3O2/c1-9-3-4-10(2)11(7-9)14(19)17-6-5-16-8-12(17)13(15)18/h3-4,7,12,16H,5-6,8H2,1-2H3,(H2,15,18). The molecule has 0 bridgehead atoms. The van der Waals surface area contributed by atoms with Crippen LogP contribution in [0.1, 0.15) is 21.5 Å². The fourth-order valence-corrected chi connectivity index (χ4v) is 2.32. The second-order valence-electron chi connectivity index (χ2n) is 4.94. The molecule has 0 aromatic heterocycles. The van der Waals surface area contributed by atoms with Crippen molar-refractivity contribution in [3.05, 3.63) is 34.9 Å². The third-order valence-corrected chi connectivity index (χ3v) is 3.46. The lowest BCUT2D eigenvalue weighted by Crippen LogP contribution is -2.58. The minimum absolute atomic E-state index is 0.119. The number of carbonyl (C=O) groups excluding carboxylic acids is 2. The third kappa shape index (κ3) is 2.76. The van der Waals surface area contributed by atoms with Crippen LogP contribution in [0.3, 0.4) is 0 Å². The smallest absolute Gasteiger partial charge is 0.254 e. The Morgan fingerprint density at radius 3 is 2.79 bits per heavy atom. The van der Waals surface area contributed by atoms with E-state index in [1.807, 2.05) is 32.0 Å². The zero-order chi connectivity index (χ0) is 14.0. The number of carbonyl (C=O) groups is 2. The van der Waals surface area contributed by atoms with E-state index in [-0.39, 0.29) is 5.91 Å². The van der Waals surface area contributed by atoms with E-state index < -0.39 is 11.9 Å². The van der Waals surface area contributed by atoms with Crippen molar-refractivity contribution in [1.29, 1.82) is 0 Å². The fourth-order valence-electron chi connectivity index (χ4n) is 2.32. The van der Waals surface area contributed by atoms with Crippen LogP contribution in [-0.2, 0) is 4.79 Å². The molecule has 1 unspecified atom stereocenters. The van der Waals surface area contributed by atoms with Crippen molar-refractivity contribution >= 4 is 11.8 Å². The number of hydrogen-bond acceptors (Lipinski definition) is 3. The first-order chi connectivity index (χ1) is 9.00. The van der Waals surface area contributed by atoms with Gasteiger partial charge >= 0.3 is 0 Å². The molecule has 5 nitrogen and oxygen atoms in total. The number of aryl methyl sites for hydroxylation is 2. The minimum Gasteiger partial charge on any atom is -0.368 e. The SMILES string of the molecule is Cc1ccc(C)c(C(=O)N2CCNCC2C(N)=O)c1. The molecule has 1 aromatic rings. The summed E-state index contributed by atoms with van der Waals surface area (Å²) >= 11 is 0. The van der Waals surface area contributed by atoms with Crippen molar-refractivity contribution in [2.45, 2.75) is 19.9 Å². The maximum atomic E-state index is 12.6. The van der Waals surface area contributed by atoms with Gasteiger partial charge in [-0.1, -0.05) is 17.7 Å². The van der Waals surface area contributed by atoms with Gasteiger partial charge in [0.15, 0.2) is 0 Å². The minimum atomic E-state index is -0.568. The van der Waals surface area contributed by atoms with E-state index in [1.54, 1.807) is 4.90 Å². The van der Waals surface area contributed by atoms with E-state index in [0.29, 0.717) is 25.2 Å². The van der Waals surface area contributed by atoms with Gasteiger partial charge in [-0.05, 0) is 25.5 Å². The molecule has 1 saturated heterocycles. The monoisotopic (exact) mass is 261 g/mol. The highest BCUT2D eigenvalue weighted by molar-refractivity contribution is 5.98. The number of nitrogens with zero attached hydrogens (tertiary/aromatic N) is 1. The number of benzene rings is 1. The molecule has 1 heterocycles. The Bertz CT molecular complexity index is 513. The largest absolute Gasteiger partial charge is 0.368 e. The first kappa shape index (κ1) is 13.5. The average Bonchev–Trinajstić information content (AvgIpc) is 2.40. The number of piperazine rings is 1. The first-order valence-electron chi connectivity index (χ1n) is 6.39. The van der Waals surface area contributed by atoms with Crippen LogP contribution < -0.4 is 11.1 Å². The first-order valence-corrected chi connectivity index (χ1v) is 6.39. The summed E-state index contributed by atoms with van der Waals surface area (Å²) in [5.74, 6) is -0.586. The highest BCUT2D eigenvalue weighted by atomic mass is 16.2. The van der Waals surface area contributed by atoms with Gasteiger partial charge in [0.05, 0.1) is 0 Å². The van der Waals surface area contributed by atoms with Gasteiger partial charge in [-0.15, -0.1) is 0 Å². The molecule has 1 aromatic carbocycles. The lowest BCUT2D eigenvalue weighted by molar-refractivity contribution is -0.122. The summed E-state index contributed by atoms with van der Waals surface area (Å²) in [4.78, 5) is 25.6. The van der Waals surface area contributed by atoms with E-state index >= 15 is 0 Å². The lowest BCUT2D eigenvalue weighted by Gasteiger charge is -2.34. The van der Waals surface area contributed by atoms with Crippen molar-refractivity contribution in [1.82, 2.24) is 10.2 Å². The van der Waals surface area contributed by atoms with Crippen LogP contribution in [0.25, 0.3) is 0 Å². The topological polar surface area (TPSA) is 75.4 Å². The van der Waals surface area contributed by atoms with Crippen molar-refractivity contribution in [3.8, 4) is 0 Å². The van der Waals surface area contributed by atoms with Crippen LogP contribution in [0.5, 0.6) is 0 Å². The van der Waals surface area contributed by atoms with Gasteiger partial charge in [-0.25, -0.2) is 0 Å². The van der Waals surface area contributed by atoms with Crippen molar-refractivity contribution in [2.24, 2.45) is 5.73 Å². The van der Waals surface area contributed by atoms with Gasteiger partial charge in [0.25, 0.3) is 5.91 Å². The fraction of sp³-hybridized carbons (Fsp3) is 0.429. The Hall–Kier alpha value is -1.88. The Kier molecular flexibility index (Phi) is 3.85. The summed E-state index contributed by atoms with van der Waals surface area (Å²) in [5, 5.41) is 3.08. The van der Waals surface area contributed by atoms with E-state index in [2.05, 4.69) is 5.32 Å². The molecule has 1 aliphatic heterocycles. The molecule has 0 aliphatic carbocycles. The van der Waals surface area contributed by atoms with Crippen molar-refractivity contribution in [2.75, 3.05) is 19.6 Å². The molecular weight excluding hydrogens is 242 g/mol. The second kappa shape index (κ2) is 5.40. The van der Waals surface area contributed by atoms with Crippen LogP contribution in [0.15, 0.2) is 18.2 Å². The van der Waals surface area contributed by atoms with Gasteiger partial charge in [-0.3, -0.25) is 9.59 Å². The summed E-state index contributed by atoms with van der Waals surface area (Å²) in [6, 6.07) is 5.18. The molecule has 2 rings (SSSR count). The molecule has 0 saturated carbocycles. The zero-order valence-corrected chi connectivity index (χ0v) is 11.3. The van der Waals surface area contributed by atoms with Crippen molar-refractivity contribution in [3.63, 3.8) is 0 Å². The van der Waals surface area contributed by atoms with E-state index in [0.717, 1.165) is 11.1 Å². The van der Waals surface area contributed by atoms with Gasteiger partial charge in [0.2, 0.25) is 5.91 Å². The quantitative estimate of drug-likeness (QED) is 0.798. The molecule has 5 heteroatoms. The van der Waals surface area contributed by atoms with Crippen LogP contribution in [0.4, 0.5) is 0 Å². The Balaban J connectivity index is 2.31. The van der Waals surface area contributed by atoms with E-state index in [9.17, 15) is 9.59 Å². The Labute approximate surface area is 112 Å². The predicted molar refractivity (Wildman–Crippen MR) is 72.8 cm³/mol. The van der Waals surface area contributed by atoms with Gasteiger partial charge in [-0.2, -0.15) is 0 Å². The number of rotatable bonds is 2. The molecule has 1 aliphatic rings. The normalized spacial score (nSPS) is 19.3. The molecule has 2 amide bonds. The van der Waals surface area contributed by atoms with Gasteiger partial charge in [0, 0.05) is 25.2 Å². The number of nitrogens with one attached hydrogen (secondary N) is 1. The number of amides is 2. The summed E-state index contributed by atoms with van der Waals surface area (Å²) in [7, 11) is 0. The molecule has 0 spiro atoms. The summed E-state index contributed by atoms with van der Waals surface area (Å²) in [6.07, 6.45) is 0. The van der Waals surface area contributed by atoms with Crippen LogP contribution in [0, 0.1) is 13.8 Å².